The minimum Gasteiger partial charge on any atom is -0.383 e. The average molecular weight is 625 g/mol. The lowest BCUT2D eigenvalue weighted by atomic mass is 9.90. The lowest BCUT2D eigenvalue weighted by Gasteiger charge is -2.34. The second kappa shape index (κ2) is 13.6. The Hall–Kier alpha value is -3.23. The molecule has 1 saturated carbocycles. The minimum absolute atomic E-state index is 0.149. The van der Waals surface area contributed by atoms with Crippen molar-refractivity contribution < 1.29 is 26.3 Å². The Morgan fingerprint density at radius 2 is 1.81 bits per heavy atom. The normalized spacial score (nSPS) is 17.6. The van der Waals surface area contributed by atoms with Crippen molar-refractivity contribution in [2.45, 2.75) is 71.0 Å². The van der Waals surface area contributed by atoms with Crippen molar-refractivity contribution in [3.63, 3.8) is 0 Å². The summed E-state index contributed by atoms with van der Waals surface area (Å²) >= 11 is 0. The number of benzene rings is 1. The number of ether oxygens (including phenoxy) is 1. The second-order valence-electron chi connectivity index (χ2n) is 11.3. The van der Waals surface area contributed by atoms with E-state index in [0.717, 1.165) is 32.2 Å². The van der Waals surface area contributed by atoms with E-state index in [0.29, 0.717) is 35.7 Å². The van der Waals surface area contributed by atoms with Crippen molar-refractivity contribution in [2.24, 2.45) is 0 Å². The first-order valence-electron chi connectivity index (χ1n) is 14.4. The lowest BCUT2D eigenvalue weighted by Crippen LogP contribution is -2.39. The molecule has 2 heterocycles. The zero-order chi connectivity index (χ0) is 31.5. The molecule has 0 saturated heterocycles. The monoisotopic (exact) mass is 624 g/mol. The number of rotatable bonds is 12. The van der Waals surface area contributed by atoms with Gasteiger partial charge < -0.3 is 15.0 Å². The first-order valence-corrected chi connectivity index (χ1v) is 16.1. The first-order chi connectivity index (χ1) is 20.4. The molecule has 2 aromatic heterocycles. The summed E-state index contributed by atoms with van der Waals surface area (Å²) in [5, 5.41) is 3.74. The smallest absolute Gasteiger partial charge is 0.260 e. The van der Waals surface area contributed by atoms with Crippen LogP contribution in [0.1, 0.15) is 58.9 Å². The molecule has 10 nitrogen and oxygen atoms in total. The van der Waals surface area contributed by atoms with Crippen LogP contribution < -0.4 is 15.6 Å². The topological polar surface area (TPSA) is 118 Å². The van der Waals surface area contributed by atoms with E-state index < -0.39 is 56.1 Å². The molecule has 0 radical (unpaired) electrons. The SMILES string of the molecule is CCCS(=O)(=O)Nc1c(F)cc(-c2cc3cnc(N[C@H]4CC[C@@H](N(C)CCOC)CC4)nc3n(C(C)C)c2=O)c(F)c1F. The van der Waals surface area contributed by atoms with Crippen LogP contribution in [0, 0.1) is 17.5 Å². The highest BCUT2D eigenvalue weighted by Gasteiger charge is 2.27. The maximum Gasteiger partial charge on any atom is 0.260 e. The van der Waals surface area contributed by atoms with Gasteiger partial charge in [0.25, 0.3) is 5.56 Å². The largest absolute Gasteiger partial charge is 0.383 e. The fourth-order valence-electron chi connectivity index (χ4n) is 5.48. The molecule has 236 valence electrons. The summed E-state index contributed by atoms with van der Waals surface area (Å²) in [6.07, 6.45) is 5.51. The number of methoxy groups -OCH3 is 1. The molecule has 0 bridgehead atoms. The van der Waals surface area contributed by atoms with E-state index in [9.17, 15) is 22.0 Å². The van der Waals surface area contributed by atoms with Gasteiger partial charge in [0, 0.05) is 48.9 Å². The predicted molar refractivity (Wildman–Crippen MR) is 161 cm³/mol. The van der Waals surface area contributed by atoms with E-state index in [-0.39, 0.29) is 18.0 Å². The summed E-state index contributed by atoms with van der Waals surface area (Å²) in [6.45, 7) is 6.61. The molecule has 1 fully saturated rings. The van der Waals surface area contributed by atoms with E-state index in [1.165, 1.54) is 16.8 Å². The van der Waals surface area contributed by atoms with Gasteiger partial charge in [-0.2, -0.15) is 4.98 Å². The van der Waals surface area contributed by atoms with Crippen LogP contribution in [0.2, 0.25) is 0 Å². The maximum absolute atomic E-state index is 15.3. The van der Waals surface area contributed by atoms with Crippen LogP contribution >= 0.6 is 0 Å². The Morgan fingerprint density at radius 1 is 1.12 bits per heavy atom. The molecule has 1 aliphatic carbocycles. The molecular formula is C29H39F3N6O4S. The minimum atomic E-state index is -4.10. The maximum atomic E-state index is 15.3. The number of anilines is 2. The van der Waals surface area contributed by atoms with E-state index in [4.69, 9.17) is 4.74 Å². The van der Waals surface area contributed by atoms with Crippen molar-refractivity contribution in [3.8, 4) is 11.1 Å². The second-order valence-corrected chi connectivity index (χ2v) is 13.1. The summed E-state index contributed by atoms with van der Waals surface area (Å²) in [4.78, 5) is 24.9. The summed E-state index contributed by atoms with van der Waals surface area (Å²) in [6, 6.07) is 2.09. The van der Waals surface area contributed by atoms with Gasteiger partial charge in [-0.15, -0.1) is 0 Å². The van der Waals surface area contributed by atoms with Crippen LogP contribution in [0.15, 0.2) is 23.1 Å². The summed E-state index contributed by atoms with van der Waals surface area (Å²) in [5.74, 6) is -4.69. The molecule has 3 aromatic rings. The van der Waals surface area contributed by atoms with Crippen molar-refractivity contribution in [2.75, 3.05) is 43.1 Å². The van der Waals surface area contributed by atoms with Crippen molar-refractivity contribution in [1.29, 1.82) is 0 Å². The molecule has 43 heavy (non-hydrogen) atoms. The zero-order valence-electron chi connectivity index (χ0n) is 25.1. The number of likely N-dealkylation sites (N-methyl/N-ethyl adjacent to an activating group) is 1. The zero-order valence-corrected chi connectivity index (χ0v) is 25.9. The predicted octanol–water partition coefficient (Wildman–Crippen LogP) is 4.91. The Labute approximate surface area is 249 Å². The Balaban J connectivity index is 1.65. The number of aromatic nitrogens is 3. The average Bonchev–Trinajstić information content (AvgIpc) is 2.96. The number of hydrogen-bond donors (Lipinski definition) is 2. The van der Waals surface area contributed by atoms with Crippen LogP contribution in [-0.2, 0) is 14.8 Å². The third-order valence-electron chi connectivity index (χ3n) is 7.77. The number of nitrogens with one attached hydrogen (secondary N) is 2. The van der Waals surface area contributed by atoms with Crippen LogP contribution in [0.4, 0.5) is 24.8 Å². The van der Waals surface area contributed by atoms with Crippen LogP contribution in [-0.4, -0.2) is 73.0 Å². The molecule has 1 aromatic carbocycles. The van der Waals surface area contributed by atoms with E-state index >= 15 is 4.39 Å². The van der Waals surface area contributed by atoms with Gasteiger partial charge in [-0.3, -0.25) is 14.1 Å². The summed E-state index contributed by atoms with van der Waals surface area (Å²) < 4.78 is 77.7. The quantitative estimate of drug-likeness (QED) is 0.273. The van der Waals surface area contributed by atoms with Gasteiger partial charge in [0.2, 0.25) is 16.0 Å². The highest BCUT2D eigenvalue weighted by atomic mass is 32.2. The van der Waals surface area contributed by atoms with Crippen LogP contribution in [0.25, 0.3) is 22.2 Å². The molecule has 0 unspecified atom stereocenters. The summed E-state index contributed by atoms with van der Waals surface area (Å²) in [5.41, 5.74) is -2.48. The van der Waals surface area contributed by atoms with Crippen molar-refractivity contribution >= 4 is 32.7 Å². The van der Waals surface area contributed by atoms with Crippen molar-refractivity contribution in [3.05, 3.63) is 46.1 Å². The highest BCUT2D eigenvalue weighted by molar-refractivity contribution is 7.92. The Kier molecular flexibility index (Phi) is 10.3. The molecule has 2 N–H and O–H groups in total. The van der Waals surface area contributed by atoms with E-state index in [1.54, 1.807) is 32.6 Å². The number of pyridine rings is 1. The van der Waals surface area contributed by atoms with Gasteiger partial charge in [-0.05, 0) is 65.1 Å². The Bertz CT molecular complexity index is 1620. The van der Waals surface area contributed by atoms with Gasteiger partial charge in [-0.25, -0.2) is 26.6 Å². The van der Waals surface area contributed by atoms with Crippen molar-refractivity contribution in [1.82, 2.24) is 19.4 Å². The molecular weight excluding hydrogens is 585 g/mol. The number of nitrogens with zero attached hydrogens (tertiary/aromatic N) is 4. The third-order valence-corrected chi connectivity index (χ3v) is 9.23. The number of hydrogen-bond acceptors (Lipinski definition) is 8. The molecule has 0 aliphatic heterocycles. The van der Waals surface area contributed by atoms with Gasteiger partial charge in [0.15, 0.2) is 17.5 Å². The van der Waals surface area contributed by atoms with Gasteiger partial charge >= 0.3 is 0 Å². The van der Waals surface area contributed by atoms with Gasteiger partial charge in [0.1, 0.15) is 11.3 Å². The first kappa shape index (κ1) is 32.7. The lowest BCUT2D eigenvalue weighted by molar-refractivity contribution is 0.121. The number of sulfonamides is 1. The standard InChI is InChI=1S/C29H39F3N6O4S/c1-6-13-43(40,41)36-26-23(30)15-21(24(31)25(26)32)22-14-18-16-33-29(35-27(18)38(17(2)3)28(22)39)34-19-7-9-20(10-8-19)37(4)11-12-42-5/h14-17,19-20,36H,6-13H2,1-5H3,(H,33,34,35)/t19-,20+. The molecule has 0 amide bonds. The number of fused-ring (bicyclic) bond motifs is 1. The molecule has 0 spiro atoms. The summed E-state index contributed by atoms with van der Waals surface area (Å²) in [7, 11) is -0.307. The Morgan fingerprint density at radius 3 is 2.44 bits per heavy atom. The van der Waals surface area contributed by atoms with Crippen LogP contribution in [0.5, 0.6) is 0 Å². The van der Waals surface area contributed by atoms with Gasteiger partial charge in [-0.1, -0.05) is 6.92 Å². The van der Waals surface area contributed by atoms with Gasteiger partial charge in [0.05, 0.1) is 17.9 Å². The fraction of sp³-hybridized carbons (Fsp3) is 0.552. The molecule has 1 aliphatic rings. The van der Waals surface area contributed by atoms with Crippen LogP contribution in [0.3, 0.4) is 0 Å². The van der Waals surface area contributed by atoms with E-state index in [1.807, 2.05) is 0 Å². The molecule has 0 atom stereocenters. The molecule has 4 rings (SSSR count). The fourth-order valence-corrected chi connectivity index (χ4v) is 6.62. The number of halogens is 3. The molecule has 14 heteroatoms. The third kappa shape index (κ3) is 7.29. The van der Waals surface area contributed by atoms with E-state index in [2.05, 4.69) is 27.2 Å². The highest BCUT2D eigenvalue weighted by Crippen LogP contribution is 2.32.